The van der Waals surface area contributed by atoms with Gasteiger partial charge in [0.05, 0.1) is 4.92 Å². The van der Waals surface area contributed by atoms with Crippen LogP contribution < -0.4 is 10.2 Å². The van der Waals surface area contributed by atoms with Crippen molar-refractivity contribution in [1.82, 2.24) is 14.8 Å². The fourth-order valence-corrected chi connectivity index (χ4v) is 5.12. The Bertz CT molecular complexity index is 1080. The number of likely N-dealkylation sites (tertiary alicyclic amines) is 1. The Hall–Kier alpha value is -3.20. The standard InChI is InChI=1S/C28H40N6O3.CH4/c1-21-25(34(36)37)9-10-26(29-21)30-23-11-15-33(16-12-23)27(35)13-14-31-17-19-32(20-18-31)24-7-5-22(6-8-24)28(2,3)4;/h5-10,23H,11-20H2,1-4H3,(H,29,30);1H4. The highest BCUT2D eigenvalue weighted by atomic mass is 16.6. The summed E-state index contributed by atoms with van der Waals surface area (Å²) in [4.78, 5) is 34.5. The van der Waals surface area contributed by atoms with Crippen molar-refractivity contribution in [2.45, 2.75) is 65.8 Å². The van der Waals surface area contributed by atoms with Crippen molar-refractivity contribution in [3.05, 3.63) is 57.8 Å². The molecule has 38 heavy (non-hydrogen) atoms. The number of nitrogens with one attached hydrogen (secondary N) is 1. The van der Waals surface area contributed by atoms with Crippen LogP contribution in [0.2, 0.25) is 0 Å². The number of rotatable bonds is 7. The molecule has 1 aromatic carbocycles. The molecule has 2 aliphatic rings. The van der Waals surface area contributed by atoms with Crippen molar-refractivity contribution in [2.75, 3.05) is 56.0 Å². The second-order valence-electron chi connectivity index (χ2n) is 11.2. The molecule has 9 heteroatoms. The Balaban J connectivity index is 0.00000400. The van der Waals surface area contributed by atoms with E-state index in [0.717, 1.165) is 58.7 Å². The third-order valence-electron chi connectivity index (χ3n) is 7.57. The van der Waals surface area contributed by atoms with Crippen molar-refractivity contribution in [3.63, 3.8) is 0 Å². The molecule has 0 aliphatic carbocycles. The summed E-state index contributed by atoms with van der Waals surface area (Å²) in [5, 5.41) is 14.4. The fraction of sp³-hybridized carbons (Fsp3) is 0.586. The van der Waals surface area contributed by atoms with Crippen LogP contribution in [0, 0.1) is 17.0 Å². The summed E-state index contributed by atoms with van der Waals surface area (Å²) in [6.45, 7) is 14.5. The zero-order chi connectivity index (χ0) is 26.6. The van der Waals surface area contributed by atoms with E-state index >= 15 is 0 Å². The number of nitrogens with zero attached hydrogens (tertiary/aromatic N) is 5. The third kappa shape index (κ3) is 7.43. The highest BCUT2D eigenvalue weighted by molar-refractivity contribution is 5.76. The van der Waals surface area contributed by atoms with E-state index in [2.05, 4.69) is 65.1 Å². The molecule has 1 N–H and O–H groups in total. The lowest BCUT2D eigenvalue weighted by Gasteiger charge is -2.37. The Morgan fingerprint density at radius 2 is 1.66 bits per heavy atom. The van der Waals surface area contributed by atoms with Crippen molar-refractivity contribution in [1.29, 1.82) is 0 Å². The summed E-state index contributed by atoms with van der Waals surface area (Å²) in [6, 6.07) is 12.3. The second kappa shape index (κ2) is 12.6. The smallest absolute Gasteiger partial charge is 0.290 e. The summed E-state index contributed by atoms with van der Waals surface area (Å²) in [5.74, 6) is 0.875. The first kappa shape index (κ1) is 29.4. The Kier molecular flexibility index (Phi) is 9.71. The van der Waals surface area contributed by atoms with Gasteiger partial charge in [0.25, 0.3) is 5.69 Å². The number of carbonyl (C=O) groups is 1. The topological polar surface area (TPSA) is 94.9 Å². The van der Waals surface area contributed by atoms with Crippen LogP contribution in [-0.2, 0) is 10.2 Å². The maximum Gasteiger partial charge on any atom is 0.290 e. The van der Waals surface area contributed by atoms with E-state index in [1.54, 1.807) is 13.0 Å². The van der Waals surface area contributed by atoms with Gasteiger partial charge in [-0.1, -0.05) is 40.3 Å². The minimum atomic E-state index is -0.415. The third-order valence-corrected chi connectivity index (χ3v) is 7.57. The van der Waals surface area contributed by atoms with E-state index in [1.807, 2.05) is 4.90 Å². The molecular weight excluding hydrogens is 480 g/mol. The van der Waals surface area contributed by atoms with Gasteiger partial charge in [-0.05, 0) is 48.9 Å². The largest absolute Gasteiger partial charge is 0.369 e. The minimum Gasteiger partial charge on any atom is -0.369 e. The number of carbonyl (C=O) groups excluding carboxylic acids is 1. The summed E-state index contributed by atoms with van der Waals surface area (Å²) in [5.41, 5.74) is 3.23. The van der Waals surface area contributed by atoms with Gasteiger partial charge in [-0.2, -0.15) is 0 Å². The normalized spacial score (nSPS) is 17.2. The SMILES string of the molecule is C.Cc1nc(NC2CCN(C(=O)CCN3CCN(c4ccc(C(C)(C)C)cc4)CC3)CC2)ccc1[N+](=O)[O-]. The van der Waals surface area contributed by atoms with Crippen LogP contribution in [0.5, 0.6) is 0 Å². The highest BCUT2D eigenvalue weighted by Gasteiger charge is 2.25. The molecule has 0 bridgehead atoms. The van der Waals surface area contributed by atoms with E-state index in [0.29, 0.717) is 17.9 Å². The lowest BCUT2D eigenvalue weighted by Crippen LogP contribution is -2.48. The van der Waals surface area contributed by atoms with Gasteiger partial charge in [0.2, 0.25) is 5.91 Å². The molecule has 2 fully saturated rings. The van der Waals surface area contributed by atoms with Crippen LogP contribution >= 0.6 is 0 Å². The van der Waals surface area contributed by atoms with Crippen LogP contribution in [0.25, 0.3) is 0 Å². The second-order valence-corrected chi connectivity index (χ2v) is 11.2. The lowest BCUT2D eigenvalue weighted by molar-refractivity contribution is -0.385. The van der Waals surface area contributed by atoms with Crippen molar-refractivity contribution >= 4 is 23.1 Å². The Morgan fingerprint density at radius 3 is 2.21 bits per heavy atom. The van der Waals surface area contributed by atoms with Gasteiger partial charge in [0.15, 0.2) is 0 Å². The van der Waals surface area contributed by atoms with E-state index in [9.17, 15) is 14.9 Å². The number of aromatic nitrogens is 1. The van der Waals surface area contributed by atoms with E-state index in [-0.39, 0.29) is 30.5 Å². The van der Waals surface area contributed by atoms with E-state index in [1.165, 1.54) is 17.3 Å². The number of hydrogen-bond donors (Lipinski definition) is 1. The Labute approximate surface area is 227 Å². The first-order valence-electron chi connectivity index (χ1n) is 13.3. The molecule has 3 heterocycles. The first-order chi connectivity index (χ1) is 17.6. The van der Waals surface area contributed by atoms with Gasteiger partial charge < -0.3 is 15.1 Å². The maximum absolute atomic E-state index is 12.8. The number of hydrogen-bond acceptors (Lipinski definition) is 7. The van der Waals surface area contributed by atoms with Crippen LogP contribution in [-0.4, -0.2) is 77.5 Å². The summed E-state index contributed by atoms with van der Waals surface area (Å²) < 4.78 is 0. The summed E-state index contributed by atoms with van der Waals surface area (Å²) >= 11 is 0. The zero-order valence-corrected chi connectivity index (χ0v) is 22.6. The molecule has 9 nitrogen and oxygen atoms in total. The first-order valence-corrected chi connectivity index (χ1v) is 13.3. The number of amides is 1. The molecule has 2 saturated heterocycles. The van der Waals surface area contributed by atoms with Gasteiger partial charge in [0.1, 0.15) is 11.5 Å². The monoisotopic (exact) mass is 524 g/mol. The summed E-state index contributed by atoms with van der Waals surface area (Å²) in [7, 11) is 0. The van der Waals surface area contributed by atoms with Crippen molar-refractivity contribution in [2.24, 2.45) is 0 Å². The zero-order valence-electron chi connectivity index (χ0n) is 22.6. The molecule has 4 rings (SSSR count). The van der Waals surface area contributed by atoms with Crippen LogP contribution in [0.4, 0.5) is 17.2 Å². The molecule has 0 spiro atoms. The molecule has 0 saturated carbocycles. The molecule has 0 unspecified atom stereocenters. The number of benzene rings is 1. The number of piperidine rings is 1. The fourth-order valence-electron chi connectivity index (χ4n) is 5.12. The molecule has 2 aromatic rings. The predicted molar refractivity (Wildman–Crippen MR) is 154 cm³/mol. The quantitative estimate of drug-likeness (QED) is 0.409. The van der Waals surface area contributed by atoms with Crippen molar-refractivity contribution in [3.8, 4) is 0 Å². The number of pyridine rings is 1. The van der Waals surface area contributed by atoms with Gasteiger partial charge >= 0.3 is 0 Å². The Morgan fingerprint density at radius 1 is 1.03 bits per heavy atom. The minimum absolute atomic E-state index is 0. The molecule has 0 atom stereocenters. The molecule has 2 aliphatic heterocycles. The average Bonchev–Trinajstić information content (AvgIpc) is 2.87. The lowest BCUT2D eigenvalue weighted by atomic mass is 9.87. The predicted octanol–water partition coefficient (Wildman–Crippen LogP) is 4.85. The van der Waals surface area contributed by atoms with Gasteiger partial charge in [0, 0.05) is 70.0 Å². The maximum atomic E-state index is 12.8. The number of anilines is 2. The summed E-state index contributed by atoms with van der Waals surface area (Å²) in [6.07, 6.45) is 2.24. The van der Waals surface area contributed by atoms with Gasteiger partial charge in [-0.15, -0.1) is 0 Å². The van der Waals surface area contributed by atoms with Crippen LogP contribution in [0.15, 0.2) is 36.4 Å². The molecule has 208 valence electrons. The van der Waals surface area contributed by atoms with Crippen molar-refractivity contribution < 1.29 is 9.72 Å². The van der Waals surface area contributed by atoms with E-state index < -0.39 is 4.92 Å². The van der Waals surface area contributed by atoms with Crippen LogP contribution in [0.1, 0.15) is 58.7 Å². The average molecular weight is 525 g/mol. The number of nitro groups is 1. The number of aryl methyl sites for hydroxylation is 1. The van der Waals surface area contributed by atoms with Gasteiger partial charge in [-0.3, -0.25) is 19.8 Å². The molecule has 0 radical (unpaired) electrons. The van der Waals surface area contributed by atoms with Gasteiger partial charge in [-0.25, -0.2) is 4.98 Å². The molecular formula is C29H44N6O3. The van der Waals surface area contributed by atoms with E-state index in [4.69, 9.17) is 0 Å². The molecule has 1 amide bonds. The van der Waals surface area contributed by atoms with Crippen LogP contribution in [0.3, 0.4) is 0 Å². The highest BCUT2D eigenvalue weighted by Crippen LogP contribution is 2.26. The number of piperazine rings is 1. The molecule has 1 aromatic heterocycles.